The first-order chi connectivity index (χ1) is 14.5. The molecule has 0 saturated carbocycles. The number of carboxylic acid groups (broad SMARTS) is 1. The number of rotatable bonds is 4. The van der Waals surface area contributed by atoms with Gasteiger partial charge in [0.05, 0.1) is 24.2 Å². The van der Waals surface area contributed by atoms with Crippen LogP contribution in [0.25, 0.3) is 11.1 Å². The van der Waals surface area contributed by atoms with Crippen molar-refractivity contribution in [3.63, 3.8) is 0 Å². The minimum absolute atomic E-state index is 0.245. The van der Waals surface area contributed by atoms with Gasteiger partial charge in [0.1, 0.15) is 11.9 Å². The largest absolute Gasteiger partial charge is 0.484 e. The third-order valence-electron chi connectivity index (χ3n) is 5.49. The second-order valence-electron chi connectivity index (χ2n) is 7.33. The first-order valence-corrected chi connectivity index (χ1v) is 9.59. The lowest BCUT2D eigenvalue weighted by Gasteiger charge is -2.29. The zero-order chi connectivity index (χ0) is 20.8. The third kappa shape index (κ3) is 2.76. The smallest absolute Gasteiger partial charge is 0.307 e. The van der Waals surface area contributed by atoms with E-state index in [2.05, 4.69) is 0 Å². The number of hydrogen-bond donors (Lipinski definition) is 1. The van der Waals surface area contributed by atoms with Gasteiger partial charge < -0.3 is 14.7 Å². The van der Waals surface area contributed by atoms with E-state index in [1.165, 1.54) is 4.90 Å². The summed E-state index contributed by atoms with van der Waals surface area (Å²) in [6.07, 6.45) is -1.16. The molecule has 0 saturated heterocycles. The number of nitrogens with zero attached hydrogens (tertiary/aromatic N) is 1. The molecule has 0 spiro atoms. The average Bonchev–Trinajstić information content (AvgIpc) is 2.99. The van der Waals surface area contributed by atoms with Crippen molar-refractivity contribution in [2.45, 2.75) is 19.1 Å². The van der Waals surface area contributed by atoms with Crippen LogP contribution in [0.3, 0.4) is 0 Å². The number of ketones is 1. The van der Waals surface area contributed by atoms with Gasteiger partial charge >= 0.3 is 5.97 Å². The summed E-state index contributed by atoms with van der Waals surface area (Å²) >= 11 is 0. The minimum atomic E-state index is -1.04. The monoisotopic (exact) mass is 399 g/mol. The molecule has 3 aromatic rings. The molecule has 0 bridgehead atoms. The number of para-hydroxylation sites is 1. The normalized spacial score (nSPS) is 16.5. The van der Waals surface area contributed by atoms with E-state index in [0.29, 0.717) is 17.0 Å². The van der Waals surface area contributed by atoms with Crippen LogP contribution in [0.2, 0.25) is 0 Å². The molecule has 0 aliphatic carbocycles. The first kappa shape index (κ1) is 18.1. The zero-order valence-electron chi connectivity index (χ0n) is 15.9. The Morgan fingerprint density at radius 3 is 2.43 bits per heavy atom. The van der Waals surface area contributed by atoms with Crippen molar-refractivity contribution < 1.29 is 24.2 Å². The van der Waals surface area contributed by atoms with Crippen LogP contribution in [-0.4, -0.2) is 22.8 Å². The third-order valence-corrected chi connectivity index (χ3v) is 5.49. The predicted octanol–water partition coefficient (Wildman–Crippen LogP) is 3.99. The molecule has 1 unspecified atom stereocenters. The molecular formula is C24H17NO5. The lowest BCUT2D eigenvalue weighted by atomic mass is 9.86. The number of fused-ring (bicyclic) bond motifs is 5. The minimum Gasteiger partial charge on any atom is -0.484 e. The van der Waals surface area contributed by atoms with Crippen molar-refractivity contribution in [2.75, 3.05) is 4.90 Å². The van der Waals surface area contributed by atoms with E-state index in [9.17, 15) is 19.5 Å². The van der Waals surface area contributed by atoms with E-state index >= 15 is 0 Å². The Morgan fingerprint density at radius 1 is 0.933 bits per heavy atom. The maximum absolute atomic E-state index is 13.0. The molecule has 2 aliphatic rings. The van der Waals surface area contributed by atoms with Crippen LogP contribution >= 0.6 is 0 Å². The number of carboxylic acids is 1. The van der Waals surface area contributed by atoms with E-state index in [0.717, 1.165) is 16.7 Å². The molecule has 6 heteroatoms. The Kier molecular flexibility index (Phi) is 4.13. The Balaban J connectivity index is 1.68. The zero-order valence-corrected chi connectivity index (χ0v) is 15.9. The van der Waals surface area contributed by atoms with E-state index in [4.69, 9.17) is 4.74 Å². The van der Waals surface area contributed by atoms with Gasteiger partial charge in [-0.3, -0.25) is 14.4 Å². The summed E-state index contributed by atoms with van der Waals surface area (Å²) in [6.45, 7) is 0.262. The summed E-state index contributed by atoms with van der Waals surface area (Å²) < 4.78 is 5.97. The highest BCUT2D eigenvalue weighted by atomic mass is 16.5. The van der Waals surface area contributed by atoms with Crippen LogP contribution in [0.1, 0.15) is 34.0 Å². The van der Waals surface area contributed by atoms with Crippen molar-refractivity contribution in [3.05, 3.63) is 83.4 Å². The quantitative estimate of drug-likeness (QED) is 0.671. The highest BCUT2D eigenvalue weighted by Crippen LogP contribution is 2.48. The van der Waals surface area contributed by atoms with Gasteiger partial charge in [-0.05, 0) is 23.3 Å². The number of Topliss-reactive ketones (excluding diaryl/α,β-unsaturated/α-hetero) is 1. The maximum atomic E-state index is 13.0. The fraction of sp³-hybridized carbons (Fsp3) is 0.125. The molecule has 1 amide bonds. The molecule has 5 rings (SSSR count). The SMILES string of the molecule is O=C(O)CC1Oc2ccccc2-c2ccc3c(c21)C(=O)C(=O)N3Cc1ccccc1. The fourth-order valence-electron chi connectivity index (χ4n) is 4.21. The fourth-order valence-corrected chi connectivity index (χ4v) is 4.21. The van der Waals surface area contributed by atoms with E-state index < -0.39 is 23.8 Å². The molecule has 0 fully saturated rings. The molecule has 3 aromatic carbocycles. The number of benzene rings is 3. The topological polar surface area (TPSA) is 83.9 Å². The van der Waals surface area contributed by atoms with Gasteiger partial charge in [0.2, 0.25) is 0 Å². The predicted molar refractivity (Wildman–Crippen MR) is 109 cm³/mol. The van der Waals surface area contributed by atoms with E-state index in [-0.39, 0.29) is 18.5 Å². The van der Waals surface area contributed by atoms with Crippen LogP contribution in [0.4, 0.5) is 5.69 Å². The molecule has 1 N–H and O–H groups in total. The van der Waals surface area contributed by atoms with Crippen LogP contribution in [0, 0.1) is 0 Å². The lowest BCUT2D eigenvalue weighted by molar-refractivity contribution is -0.139. The Bertz CT molecular complexity index is 1200. The van der Waals surface area contributed by atoms with Crippen molar-refractivity contribution >= 4 is 23.3 Å². The second kappa shape index (κ2) is 6.84. The van der Waals surface area contributed by atoms with Gasteiger partial charge in [-0.2, -0.15) is 0 Å². The van der Waals surface area contributed by atoms with Crippen LogP contribution in [0.5, 0.6) is 5.75 Å². The molecular weight excluding hydrogens is 382 g/mol. The highest BCUT2D eigenvalue weighted by molar-refractivity contribution is 6.52. The van der Waals surface area contributed by atoms with E-state index in [1.807, 2.05) is 54.6 Å². The number of aliphatic carboxylic acids is 1. The van der Waals surface area contributed by atoms with Gasteiger partial charge in [-0.1, -0.05) is 54.6 Å². The van der Waals surface area contributed by atoms with Gasteiger partial charge in [0.15, 0.2) is 0 Å². The summed E-state index contributed by atoms with van der Waals surface area (Å²) in [5.74, 6) is -1.72. The summed E-state index contributed by atoms with van der Waals surface area (Å²) in [5.41, 5.74) is 3.61. The van der Waals surface area contributed by atoms with Crippen LogP contribution in [0.15, 0.2) is 66.7 Å². The Hall–Kier alpha value is -3.93. The summed E-state index contributed by atoms with van der Waals surface area (Å²) in [5, 5.41) is 9.41. The Morgan fingerprint density at radius 2 is 1.67 bits per heavy atom. The molecule has 6 nitrogen and oxygen atoms in total. The van der Waals surface area contributed by atoms with Crippen LogP contribution < -0.4 is 9.64 Å². The summed E-state index contributed by atoms with van der Waals surface area (Å²) in [6, 6.07) is 20.3. The number of carbonyl (C=O) groups is 3. The van der Waals surface area contributed by atoms with Crippen molar-refractivity contribution in [2.24, 2.45) is 0 Å². The summed E-state index contributed by atoms with van der Waals surface area (Å²) in [4.78, 5) is 38.8. The number of carbonyl (C=O) groups excluding carboxylic acids is 2. The van der Waals surface area contributed by atoms with Gasteiger partial charge in [0, 0.05) is 11.1 Å². The number of amides is 1. The molecule has 30 heavy (non-hydrogen) atoms. The summed E-state index contributed by atoms with van der Waals surface area (Å²) in [7, 11) is 0. The lowest BCUT2D eigenvalue weighted by Crippen LogP contribution is -2.29. The molecule has 0 aromatic heterocycles. The standard InChI is InChI=1S/C24H17NO5/c26-20(27)12-19-21-16(15-8-4-5-9-18(15)30-19)10-11-17-22(21)23(28)24(29)25(17)13-14-6-2-1-3-7-14/h1-11,19H,12-13H2,(H,26,27). The maximum Gasteiger partial charge on any atom is 0.307 e. The van der Waals surface area contributed by atoms with Crippen molar-refractivity contribution in [1.29, 1.82) is 0 Å². The number of anilines is 1. The van der Waals surface area contributed by atoms with Gasteiger partial charge in [-0.15, -0.1) is 0 Å². The average molecular weight is 399 g/mol. The first-order valence-electron chi connectivity index (χ1n) is 9.59. The molecule has 2 aliphatic heterocycles. The number of ether oxygens (including phenoxy) is 1. The van der Waals surface area contributed by atoms with Gasteiger partial charge in [-0.25, -0.2) is 0 Å². The molecule has 2 heterocycles. The van der Waals surface area contributed by atoms with Gasteiger partial charge in [0.25, 0.3) is 11.7 Å². The Labute approximate surface area is 172 Å². The number of hydrogen-bond acceptors (Lipinski definition) is 4. The molecule has 0 radical (unpaired) electrons. The second-order valence-corrected chi connectivity index (χ2v) is 7.33. The molecule has 148 valence electrons. The molecule has 1 atom stereocenters. The van der Waals surface area contributed by atoms with Crippen molar-refractivity contribution in [3.8, 4) is 16.9 Å². The highest BCUT2D eigenvalue weighted by Gasteiger charge is 2.42. The van der Waals surface area contributed by atoms with Crippen molar-refractivity contribution in [1.82, 2.24) is 0 Å². The van der Waals surface area contributed by atoms with E-state index in [1.54, 1.807) is 12.1 Å². The van der Waals surface area contributed by atoms with Crippen LogP contribution in [-0.2, 0) is 16.1 Å².